The van der Waals surface area contributed by atoms with E-state index in [0.717, 1.165) is 35.8 Å². The first-order valence-corrected chi connectivity index (χ1v) is 10.0. The van der Waals surface area contributed by atoms with Gasteiger partial charge in [0.05, 0.1) is 13.2 Å². The van der Waals surface area contributed by atoms with E-state index >= 15 is 0 Å². The number of hydrogen-bond acceptors (Lipinski definition) is 2. The van der Waals surface area contributed by atoms with Gasteiger partial charge in [-0.2, -0.15) is 0 Å². The molecule has 0 radical (unpaired) electrons. The van der Waals surface area contributed by atoms with Gasteiger partial charge in [-0.15, -0.1) is 0 Å². The van der Waals surface area contributed by atoms with Crippen LogP contribution in [0.4, 0.5) is 5.69 Å². The number of fused-ring (bicyclic) bond motifs is 1. The number of ether oxygens (including phenoxy) is 1. The van der Waals surface area contributed by atoms with Crippen molar-refractivity contribution in [1.82, 2.24) is 9.47 Å². The lowest BCUT2D eigenvalue weighted by molar-refractivity contribution is 0.293. The third-order valence-electron chi connectivity index (χ3n) is 4.88. The summed E-state index contributed by atoms with van der Waals surface area (Å²) in [5.74, 6) is 0.776. The molecule has 0 fully saturated rings. The normalized spacial score (nSPS) is 15.8. The molecule has 1 aliphatic heterocycles. The summed E-state index contributed by atoms with van der Waals surface area (Å²) in [6.07, 6.45) is 2.09. The van der Waals surface area contributed by atoms with Crippen molar-refractivity contribution in [1.29, 1.82) is 0 Å². The summed E-state index contributed by atoms with van der Waals surface area (Å²) in [5.41, 5.74) is 3.00. The fourth-order valence-corrected chi connectivity index (χ4v) is 4.38. The third-order valence-corrected chi connectivity index (χ3v) is 5.78. The molecule has 2 aromatic carbocycles. The molecule has 3 aromatic rings. The average Bonchev–Trinajstić information content (AvgIpc) is 3.16. The smallest absolute Gasteiger partial charge is 0.174 e. The lowest BCUT2D eigenvalue weighted by atomic mass is 10.00. The Hall–Kier alpha value is -2.21. The highest BCUT2D eigenvalue weighted by Crippen LogP contribution is 2.37. The predicted molar refractivity (Wildman–Crippen MR) is 119 cm³/mol. The van der Waals surface area contributed by atoms with Crippen LogP contribution in [0, 0.1) is 0 Å². The van der Waals surface area contributed by atoms with Crippen molar-refractivity contribution in [3.8, 4) is 5.75 Å². The van der Waals surface area contributed by atoms with E-state index in [1.807, 2.05) is 42.5 Å². The van der Waals surface area contributed by atoms with Crippen molar-refractivity contribution in [3.05, 3.63) is 82.1 Å². The van der Waals surface area contributed by atoms with Crippen LogP contribution in [0.2, 0.25) is 10.0 Å². The SMILES string of the molecule is COc1cccc(NC(=S)N2CCn3cccc3C2c2ccc(Cl)cc2Cl)c1. The van der Waals surface area contributed by atoms with Crippen LogP contribution in [-0.2, 0) is 6.54 Å². The minimum atomic E-state index is -0.0980. The molecule has 0 aliphatic carbocycles. The molecule has 0 saturated heterocycles. The van der Waals surface area contributed by atoms with Gasteiger partial charge in [0, 0.05) is 46.8 Å². The van der Waals surface area contributed by atoms with Gasteiger partial charge in [0.25, 0.3) is 0 Å². The summed E-state index contributed by atoms with van der Waals surface area (Å²) in [6.45, 7) is 1.62. The Bertz CT molecular complexity index is 1020. The first-order valence-electron chi connectivity index (χ1n) is 8.88. The summed E-state index contributed by atoms with van der Waals surface area (Å²) >= 11 is 18.5. The molecular formula is C21H19Cl2N3OS. The van der Waals surface area contributed by atoms with E-state index in [0.29, 0.717) is 15.2 Å². The largest absolute Gasteiger partial charge is 0.497 e. The van der Waals surface area contributed by atoms with Crippen LogP contribution >= 0.6 is 35.4 Å². The molecule has 1 aromatic heterocycles. The molecule has 1 atom stereocenters. The molecule has 4 nitrogen and oxygen atoms in total. The molecule has 0 bridgehead atoms. The van der Waals surface area contributed by atoms with Gasteiger partial charge in [-0.3, -0.25) is 0 Å². The fraction of sp³-hybridized carbons (Fsp3) is 0.190. The second-order valence-electron chi connectivity index (χ2n) is 6.55. The Balaban J connectivity index is 1.69. The Labute approximate surface area is 179 Å². The van der Waals surface area contributed by atoms with Crippen LogP contribution < -0.4 is 10.1 Å². The van der Waals surface area contributed by atoms with Crippen molar-refractivity contribution < 1.29 is 4.74 Å². The van der Waals surface area contributed by atoms with E-state index in [9.17, 15) is 0 Å². The Morgan fingerprint density at radius 1 is 1.11 bits per heavy atom. The number of aromatic nitrogens is 1. The highest BCUT2D eigenvalue weighted by atomic mass is 35.5. The standard InChI is InChI=1S/C21H19Cl2N3OS/c1-27-16-5-2-4-15(13-16)24-21(28)26-11-10-25-9-3-6-19(25)20(26)17-8-7-14(22)12-18(17)23/h2-9,12-13,20H,10-11H2,1H3,(H,24,28). The first kappa shape index (κ1) is 19.1. The van der Waals surface area contributed by atoms with Crippen molar-refractivity contribution in [2.45, 2.75) is 12.6 Å². The monoisotopic (exact) mass is 431 g/mol. The average molecular weight is 432 g/mol. The number of rotatable bonds is 3. The molecule has 0 saturated carbocycles. The second kappa shape index (κ2) is 8.03. The molecule has 1 unspecified atom stereocenters. The molecule has 28 heavy (non-hydrogen) atoms. The van der Waals surface area contributed by atoms with E-state index in [1.54, 1.807) is 13.2 Å². The van der Waals surface area contributed by atoms with Crippen LogP contribution in [0.25, 0.3) is 0 Å². The van der Waals surface area contributed by atoms with Crippen LogP contribution in [0.15, 0.2) is 60.8 Å². The molecule has 0 amide bonds. The van der Waals surface area contributed by atoms with Crippen LogP contribution in [0.5, 0.6) is 5.75 Å². The van der Waals surface area contributed by atoms with Crippen molar-refractivity contribution in [2.24, 2.45) is 0 Å². The van der Waals surface area contributed by atoms with E-state index < -0.39 is 0 Å². The van der Waals surface area contributed by atoms with Gasteiger partial charge in [0.1, 0.15) is 5.75 Å². The summed E-state index contributed by atoms with van der Waals surface area (Å²) in [5, 5.41) is 5.22. The van der Waals surface area contributed by atoms with E-state index in [2.05, 4.69) is 27.0 Å². The number of nitrogens with zero attached hydrogens (tertiary/aromatic N) is 2. The van der Waals surface area contributed by atoms with Crippen LogP contribution in [-0.4, -0.2) is 28.2 Å². The number of hydrogen-bond donors (Lipinski definition) is 1. The number of halogens is 2. The zero-order valence-electron chi connectivity index (χ0n) is 15.2. The van der Waals surface area contributed by atoms with E-state index in [4.69, 9.17) is 40.2 Å². The first-order chi connectivity index (χ1) is 13.6. The maximum Gasteiger partial charge on any atom is 0.174 e. The summed E-state index contributed by atoms with van der Waals surface area (Å²) < 4.78 is 7.54. The van der Waals surface area contributed by atoms with E-state index in [1.165, 1.54) is 0 Å². The third kappa shape index (κ3) is 3.70. The zero-order chi connectivity index (χ0) is 19.7. The topological polar surface area (TPSA) is 29.4 Å². The number of nitrogens with one attached hydrogen (secondary N) is 1. The van der Waals surface area contributed by atoms with Gasteiger partial charge in [0.15, 0.2) is 5.11 Å². The maximum atomic E-state index is 6.57. The summed E-state index contributed by atoms with van der Waals surface area (Å²) in [6, 6.07) is 17.4. The molecular weight excluding hydrogens is 413 g/mol. The number of anilines is 1. The van der Waals surface area contributed by atoms with Crippen LogP contribution in [0.3, 0.4) is 0 Å². The summed E-state index contributed by atoms with van der Waals surface area (Å²) in [4.78, 5) is 2.17. The number of benzene rings is 2. The highest BCUT2D eigenvalue weighted by molar-refractivity contribution is 7.80. The van der Waals surface area contributed by atoms with Gasteiger partial charge in [-0.1, -0.05) is 35.3 Å². The minimum absolute atomic E-state index is 0.0980. The van der Waals surface area contributed by atoms with Gasteiger partial charge in [0.2, 0.25) is 0 Å². The molecule has 4 rings (SSSR count). The van der Waals surface area contributed by atoms with Crippen molar-refractivity contribution in [3.63, 3.8) is 0 Å². The summed E-state index contributed by atoms with van der Waals surface area (Å²) in [7, 11) is 1.65. The minimum Gasteiger partial charge on any atom is -0.497 e. The lowest BCUT2D eigenvalue weighted by Gasteiger charge is -2.39. The quantitative estimate of drug-likeness (QED) is 0.546. The van der Waals surface area contributed by atoms with E-state index in [-0.39, 0.29) is 6.04 Å². The molecule has 0 spiro atoms. The van der Waals surface area contributed by atoms with Gasteiger partial charge in [-0.05, 0) is 54.2 Å². The molecule has 1 N–H and O–H groups in total. The predicted octanol–water partition coefficient (Wildman–Crippen LogP) is 5.61. The van der Waals surface area contributed by atoms with Crippen molar-refractivity contribution in [2.75, 3.05) is 19.0 Å². The second-order valence-corrected chi connectivity index (χ2v) is 7.78. The Morgan fingerprint density at radius 2 is 1.96 bits per heavy atom. The fourth-order valence-electron chi connectivity index (χ4n) is 3.55. The molecule has 1 aliphatic rings. The number of thiocarbonyl (C=S) groups is 1. The highest BCUT2D eigenvalue weighted by Gasteiger charge is 2.32. The Morgan fingerprint density at radius 3 is 2.75 bits per heavy atom. The van der Waals surface area contributed by atoms with Gasteiger partial charge >= 0.3 is 0 Å². The zero-order valence-corrected chi connectivity index (χ0v) is 17.6. The lowest BCUT2D eigenvalue weighted by Crippen LogP contribution is -2.44. The maximum absolute atomic E-state index is 6.57. The molecule has 2 heterocycles. The molecule has 7 heteroatoms. The van der Waals surface area contributed by atoms with Crippen LogP contribution in [0.1, 0.15) is 17.3 Å². The molecule has 144 valence electrons. The number of methoxy groups -OCH3 is 1. The van der Waals surface area contributed by atoms with Gasteiger partial charge in [-0.25, -0.2) is 0 Å². The van der Waals surface area contributed by atoms with Crippen molar-refractivity contribution >= 4 is 46.2 Å². The Kier molecular flexibility index (Phi) is 5.49. The van der Waals surface area contributed by atoms with Gasteiger partial charge < -0.3 is 19.5 Å².